The summed E-state index contributed by atoms with van der Waals surface area (Å²) in [5.41, 5.74) is 10.8. The van der Waals surface area contributed by atoms with Crippen molar-refractivity contribution >= 4 is 33.5 Å². The highest BCUT2D eigenvalue weighted by Crippen LogP contribution is 2.40. The fourth-order valence-electron chi connectivity index (χ4n) is 8.53. The minimum absolute atomic E-state index is 0.425. The molecule has 3 heterocycles. The van der Waals surface area contributed by atoms with E-state index in [1.807, 2.05) is 166 Å². The minimum atomic E-state index is 0.425. The molecule has 10 rings (SSSR count). The first kappa shape index (κ1) is 44.0. The average Bonchev–Trinajstić information content (AvgIpc) is 3.76. The number of fused-ring (bicyclic) bond motifs is 3. The van der Waals surface area contributed by atoms with E-state index < -0.39 is 0 Å². The lowest BCUT2D eigenvalue weighted by atomic mass is 9.98. The van der Waals surface area contributed by atoms with Gasteiger partial charge >= 0.3 is 0 Å². The summed E-state index contributed by atoms with van der Waals surface area (Å²) in [5, 5.41) is 25.1. The standard InChI is InChI=1S/C60H42N10/c1-3-4-16-31-65-57(42-18-8-5-9-19-42)66-56(63-2)46-28-30-54(70-52-26-15-14-24-48(52)50-36-45(27-29-53(50)70)47-34-40(38-61)33-41(35-47)39-62)51(37-46)55-49(25-17-32-64-55)60-68-58(43-20-10-6-11-21-43)67-59(69-60)44-22-12-7-13-23-44/h3-37H,1-2H3,(H,63,65,66)/b4-3-,31-16-. The molecule has 0 amide bonds. The van der Waals surface area contributed by atoms with Gasteiger partial charge < -0.3 is 9.88 Å². The first-order chi connectivity index (χ1) is 34.5. The molecule has 0 unspecified atom stereocenters. The second-order valence-electron chi connectivity index (χ2n) is 16.2. The summed E-state index contributed by atoms with van der Waals surface area (Å²) in [6.07, 6.45) is 9.28. The second-order valence-corrected chi connectivity index (χ2v) is 16.2. The van der Waals surface area contributed by atoms with E-state index in [4.69, 9.17) is 29.9 Å². The molecule has 0 fully saturated rings. The molecule has 0 radical (unpaired) electrons. The number of pyridine rings is 1. The van der Waals surface area contributed by atoms with Gasteiger partial charge in [-0.15, -0.1) is 0 Å². The zero-order chi connectivity index (χ0) is 47.8. The van der Waals surface area contributed by atoms with Crippen LogP contribution in [0.1, 0.15) is 29.2 Å². The summed E-state index contributed by atoms with van der Waals surface area (Å²) in [7, 11) is 1.86. The Morgan fingerprint density at radius 1 is 0.557 bits per heavy atom. The predicted molar refractivity (Wildman–Crippen MR) is 281 cm³/mol. The van der Waals surface area contributed by atoms with Gasteiger partial charge in [-0.3, -0.25) is 4.98 Å². The number of benzene rings is 7. The van der Waals surface area contributed by atoms with Crippen molar-refractivity contribution < 1.29 is 0 Å². The van der Waals surface area contributed by atoms with Gasteiger partial charge in [-0.05, 0) is 90.9 Å². The van der Waals surface area contributed by atoms with Crippen molar-refractivity contribution in [2.75, 3.05) is 7.05 Å². The average molecular weight is 903 g/mol. The molecule has 3 aromatic heterocycles. The smallest absolute Gasteiger partial charge is 0.166 e. The maximum Gasteiger partial charge on any atom is 0.166 e. The van der Waals surface area contributed by atoms with E-state index in [1.165, 1.54) is 0 Å². The summed E-state index contributed by atoms with van der Waals surface area (Å²) >= 11 is 0. The monoisotopic (exact) mass is 902 g/mol. The van der Waals surface area contributed by atoms with Crippen LogP contribution < -0.4 is 5.32 Å². The molecule has 332 valence electrons. The number of amidine groups is 2. The molecule has 0 saturated carbocycles. The SMILES string of the molecule is C\C=C/C=C\N=C(/N=C(\NC)c1ccc(-n2c3ccccc3c3cc(-c4cc(C#N)cc(C#N)c4)ccc32)c(-c2ncccc2-c2nc(-c3ccccc3)nc(-c3ccccc3)n2)c1)c1ccccc1. The first-order valence-corrected chi connectivity index (χ1v) is 22.7. The topological polar surface area (TPSA) is 141 Å². The molecule has 10 aromatic rings. The third kappa shape index (κ3) is 8.87. The number of nitrogens with zero attached hydrogens (tertiary/aromatic N) is 9. The summed E-state index contributed by atoms with van der Waals surface area (Å²) in [4.78, 5) is 30.5. The normalized spacial score (nSPS) is 11.9. The lowest BCUT2D eigenvalue weighted by molar-refractivity contribution is 1.07. The fraction of sp³-hybridized carbons (Fsp3) is 0.0333. The molecule has 0 spiro atoms. The molecular weight excluding hydrogens is 861 g/mol. The Balaban J connectivity index is 1.23. The number of hydrogen-bond donors (Lipinski definition) is 1. The van der Waals surface area contributed by atoms with Crippen molar-refractivity contribution in [3.63, 3.8) is 0 Å². The van der Waals surface area contributed by atoms with E-state index in [0.717, 1.165) is 66.4 Å². The van der Waals surface area contributed by atoms with Crippen LogP contribution in [0.3, 0.4) is 0 Å². The Morgan fingerprint density at radius 3 is 1.87 bits per heavy atom. The molecule has 0 aliphatic rings. The van der Waals surface area contributed by atoms with Crippen LogP contribution in [0.2, 0.25) is 0 Å². The Kier molecular flexibility index (Phi) is 12.5. The highest BCUT2D eigenvalue weighted by Gasteiger charge is 2.23. The molecule has 0 atom stereocenters. The van der Waals surface area contributed by atoms with Crippen LogP contribution in [0.5, 0.6) is 0 Å². The number of aliphatic imine (C=N–C) groups is 2. The Morgan fingerprint density at radius 2 is 1.20 bits per heavy atom. The number of nitriles is 2. The molecule has 1 N–H and O–H groups in total. The third-order valence-corrected chi connectivity index (χ3v) is 11.8. The van der Waals surface area contributed by atoms with E-state index in [2.05, 4.69) is 64.5 Å². The highest BCUT2D eigenvalue weighted by molar-refractivity contribution is 6.13. The number of rotatable bonds is 10. The Hall–Kier alpha value is -9.90. The Bertz CT molecular complexity index is 3690. The number of aromatic nitrogens is 5. The zero-order valence-electron chi connectivity index (χ0n) is 38.2. The quantitative estimate of drug-likeness (QED) is 0.0818. The van der Waals surface area contributed by atoms with E-state index in [9.17, 15) is 10.5 Å². The molecule has 0 saturated heterocycles. The molecule has 0 aliphatic carbocycles. The molecule has 0 aliphatic heterocycles. The number of para-hydroxylation sites is 1. The van der Waals surface area contributed by atoms with Crippen LogP contribution in [-0.4, -0.2) is 43.2 Å². The van der Waals surface area contributed by atoms with E-state index in [-0.39, 0.29) is 0 Å². The van der Waals surface area contributed by atoms with Gasteiger partial charge in [0.15, 0.2) is 23.3 Å². The largest absolute Gasteiger partial charge is 0.373 e. The van der Waals surface area contributed by atoms with Crippen molar-refractivity contribution in [3.8, 4) is 74.4 Å². The van der Waals surface area contributed by atoms with E-state index in [0.29, 0.717) is 51.5 Å². The third-order valence-electron chi connectivity index (χ3n) is 11.8. The van der Waals surface area contributed by atoms with Gasteiger partial charge in [0.25, 0.3) is 0 Å². The van der Waals surface area contributed by atoms with Crippen molar-refractivity contribution in [1.82, 2.24) is 29.8 Å². The lowest BCUT2D eigenvalue weighted by Gasteiger charge is -2.18. The summed E-state index contributed by atoms with van der Waals surface area (Å²) in [6, 6.07) is 64.2. The van der Waals surface area contributed by atoms with Gasteiger partial charge in [-0.2, -0.15) is 10.5 Å². The van der Waals surface area contributed by atoms with Gasteiger partial charge in [0, 0.05) is 63.6 Å². The van der Waals surface area contributed by atoms with E-state index >= 15 is 0 Å². The molecule has 7 aromatic carbocycles. The summed E-state index contributed by atoms with van der Waals surface area (Å²) in [6.45, 7) is 1.96. The Labute approximate surface area is 405 Å². The lowest BCUT2D eigenvalue weighted by Crippen LogP contribution is -2.22. The van der Waals surface area contributed by atoms with Gasteiger partial charge in [0.2, 0.25) is 0 Å². The van der Waals surface area contributed by atoms with Gasteiger partial charge in [0.05, 0.1) is 45.7 Å². The van der Waals surface area contributed by atoms with Gasteiger partial charge in [-0.1, -0.05) is 127 Å². The predicted octanol–water partition coefficient (Wildman–Crippen LogP) is 12.9. The summed E-state index contributed by atoms with van der Waals surface area (Å²) < 4.78 is 2.26. The van der Waals surface area contributed by atoms with Crippen LogP contribution in [-0.2, 0) is 0 Å². The molecule has 10 heteroatoms. The molecular formula is C60H42N10. The maximum absolute atomic E-state index is 9.83. The van der Waals surface area contributed by atoms with Gasteiger partial charge in [-0.25, -0.2) is 24.9 Å². The molecule has 70 heavy (non-hydrogen) atoms. The van der Waals surface area contributed by atoms with Crippen molar-refractivity contribution in [3.05, 3.63) is 235 Å². The number of nitrogens with one attached hydrogen (secondary N) is 1. The first-order valence-electron chi connectivity index (χ1n) is 22.7. The van der Waals surface area contributed by atoms with Crippen LogP contribution in [0.4, 0.5) is 0 Å². The number of allylic oxidation sites excluding steroid dienone is 3. The van der Waals surface area contributed by atoms with Crippen LogP contribution in [0, 0.1) is 22.7 Å². The van der Waals surface area contributed by atoms with Crippen molar-refractivity contribution in [2.24, 2.45) is 9.98 Å². The van der Waals surface area contributed by atoms with Crippen molar-refractivity contribution in [1.29, 1.82) is 10.5 Å². The highest BCUT2D eigenvalue weighted by atomic mass is 15.0. The number of hydrogen-bond acceptors (Lipinski definition) is 7. The minimum Gasteiger partial charge on any atom is -0.373 e. The van der Waals surface area contributed by atoms with Crippen molar-refractivity contribution in [2.45, 2.75) is 6.92 Å². The zero-order valence-corrected chi connectivity index (χ0v) is 38.2. The molecule has 0 bridgehead atoms. The maximum atomic E-state index is 9.83. The second kappa shape index (κ2) is 19.9. The fourth-order valence-corrected chi connectivity index (χ4v) is 8.53. The van der Waals surface area contributed by atoms with E-state index in [1.54, 1.807) is 18.5 Å². The van der Waals surface area contributed by atoms with Crippen LogP contribution in [0.25, 0.3) is 84.0 Å². The van der Waals surface area contributed by atoms with Crippen LogP contribution >= 0.6 is 0 Å². The van der Waals surface area contributed by atoms with Crippen LogP contribution in [0.15, 0.2) is 223 Å². The summed E-state index contributed by atoms with van der Waals surface area (Å²) in [5.74, 6) is 2.66. The van der Waals surface area contributed by atoms with Gasteiger partial charge in [0.1, 0.15) is 5.84 Å². The molecule has 10 nitrogen and oxygen atoms in total.